The van der Waals surface area contributed by atoms with Crippen LogP contribution in [0.25, 0.3) is 0 Å². The van der Waals surface area contributed by atoms with Gasteiger partial charge in [-0.25, -0.2) is 4.98 Å². The lowest BCUT2D eigenvalue weighted by Crippen LogP contribution is -2.65. The number of piperidine rings is 1. The van der Waals surface area contributed by atoms with Crippen LogP contribution in [0.2, 0.25) is 0 Å². The molecule has 27 heavy (non-hydrogen) atoms. The van der Waals surface area contributed by atoms with Crippen molar-refractivity contribution in [3.8, 4) is 0 Å². The van der Waals surface area contributed by atoms with Gasteiger partial charge in [-0.2, -0.15) is 26.3 Å². The van der Waals surface area contributed by atoms with Crippen molar-refractivity contribution >= 4 is 5.82 Å². The van der Waals surface area contributed by atoms with E-state index >= 15 is 0 Å². The maximum Gasteiger partial charge on any atom is 0.434 e. The zero-order chi connectivity index (χ0) is 20.6. The van der Waals surface area contributed by atoms with Gasteiger partial charge >= 0.3 is 12.4 Å². The van der Waals surface area contributed by atoms with Crippen LogP contribution in [0.4, 0.5) is 32.2 Å². The second-order valence-electron chi connectivity index (χ2n) is 6.80. The molecule has 1 fully saturated rings. The lowest BCUT2D eigenvalue weighted by atomic mass is 9.85. The van der Waals surface area contributed by atoms with E-state index in [-0.39, 0.29) is 12.4 Å². The number of halogens is 6. The van der Waals surface area contributed by atoms with Crippen molar-refractivity contribution < 1.29 is 36.6 Å². The molecule has 0 aliphatic carbocycles. The van der Waals surface area contributed by atoms with E-state index in [2.05, 4.69) is 15.3 Å². The number of nitrogens with zero attached hydrogens (tertiary/aromatic N) is 3. The predicted molar refractivity (Wildman–Crippen MR) is 82.7 cm³/mol. The van der Waals surface area contributed by atoms with Crippen molar-refractivity contribution in [3.63, 3.8) is 0 Å². The molecule has 1 aliphatic heterocycles. The number of anilines is 1. The van der Waals surface area contributed by atoms with E-state index in [9.17, 15) is 36.6 Å². The van der Waals surface area contributed by atoms with Gasteiger partial charge in [-0.15, -0.1) is 0 Å². The molecular formula is C15H20F6N4O2. The predicted octanol–water partition coefficient (Wildman–Crippen LogP) is 1.90. The lowest BCUT2D eigenvalue weighted by Gasteiger charge is -2.47. The molecule has 2 heterocycles. The van der Waals surface area contributed by atoms with E-state index in [0.29, 0.717) is 6.20 Å². The van der Waals surface area contributed by atoms with Gasteiger partial charge in [-0.3, -0.25) is 9.88 Å². The summed E-state index contributed by atoms with van der Waals surface area (Å²) in [6.07, 6.45) is -10.9. The van der Waals surface area contributed by atoms with Crippen LogP contribution in [0, 0.1) is 5.92 Å². The van der Waals surface area contributed by atoms with Crippen LogP contribution in [-0.2, 0) is 6.18 Å². The van der Waals surface area contributed by atoms with Gasteiger partial charge in [0.1, 0.15) is 11.9 Å². The molecule has 0 spiro atoms. The van der Waals surface area contributed by atoms with Crippen LogP contribution in [0.15, 0.2) is 12.4 Å². The molecule has 0 amide bonds. The minimum Gasteiger partial charge on any atom is -0.389 e. The first kappa shape index (κ1) is 21.6. The Hall–Kier alpha value is -1.66. The SMILES string of the molecule is CC(C)C1[C@H](O)[C@H](O)[C@@H](Nc2cncc(C(F)(F)F)n2)CN1CC(F)(F)F. The van der Waals surface area contributed by atoms with Crippen LogP contribution in [0.3, 0.4) is 0 Å². The van der Waals surface area contributed by atoms with Gasteiger partial charge in [0.2, 0.25) is 0 Å². The van der Waals surface area contributed by atoms with Crippen molar-refractivity contribution in [1.29, 1.82) is 0 Å². The van der Waals surface area contributed by atoms with Crippen molar-refractivity contribution in [2.75, 3.05) is 18.4 Å². The van der Waals surface area contributed by atoms with Crippen molar-refractivity contribution in [1.82, 2.24) is 14.9 Å². The minimum atomic E-state index is -4.75. The van der Waals surface area contributed by atoms with Gasteiger partial charge < -0.3 is 15.5 Å². The average Bonchev–Trinajstić information content (AvgIpc) is 2.50. The maximum atomic E-state index is 12.9. The quantitative estimate of drug-likeness (QED) is 0.668. The Kier molecular flexibility index (Phi) is 6.22. The fourth-order valence-electron chi connectivity index (χ4n) is 3.25. The average molecular weight is 402 g/mol. The zero-order valence-electron chi connectivity index (χ0n) is 14.5. The summed E-state index contributed by atoms with van der Waals surface area (Å²) in [5.41, 5.74) is -1.29. The smallest absolute Gasteiger partial charge is 0.389 e. The van der Waals surface area contributed by atoms with Gasteiger partial charge in [-0.1, -0.05) is 13.8 Å². The summed E-state index contributed by atoms with van der Waals surface area (Å²) in [4.78, 5) is 7.68. The summed E-state index contributed by atoms with van der Waals surface area (Å²) < 4.78 is 76.8. The van der Waals surface area contributed by atoms with E-state index in [1.165, 1.54) is 0 Å². The molecular weight excluding hydrogens is 382 g/mol. The van der Waals surface area contributed by atoms with E-state index in [1.807, 2.05) is 0 Å². The number of rotatable bonds is 4. The van der Waals surface area contributed by atoms with Gasteiger partial charge in [0.15, 0.2) is 5.69 Å². The Morgan fingerprint density at radius 1 is 1.15 bits per heavy atom. The number of nitrogens with one attached hydrogen (secondary N) is 1. The van der Waals surface area contributed by atoms with E-state index in [1.54, 1.807) is 13.8 Å². The molecule has 0 aromatic carbocycles. The lowest BCUT2D eigenvalue weighted by molar-refractivity contribution is -0.176. The number of hydrogen-bond acceptors (Lipinski definition) is 6. The Balaban J connectivity index is 2.24. The molecule has 0 bridgehead atoms. The standard InChI is InChI=1S/C15H20F6N4O2/c1-7(2)11-13(27)12(26)8(5-25(11)6-14(16,17)18)23-10-4-22-3-9(24-10)15(19,20)21/h3-4,7-8,11-13,26-27H,5-6H2,1-2H3,(H,23,24)/t8-,11?,12+,13-/m0/s1. The summed E-state index contributed by atoms with van der Waals surface area (Å²) in [6, 6.07) is -2.14. The van der Waals surface area contributed by atoms with Crippen LogP contribution < -0.4 is 5.32 Å². The highest BCUT2D eigenvalue weighted by Gasteiger charge is 2.46. The normalized spacial score (nSPS) is 27.8. The third kappa shape index (κ3) is 5.42. The fourth-order valence-corrected chi connectivity index (χ4v) is 3.25. The molecule has 0 radical (unpaired) electrons. The first-order valence-electron chi connectivity index (χ1n) is 8.12. The zero-order valence-corrected chi connectivity index (χ0v) is 14.5. The van der Waals surface area contributed by atoms with Crippen LogP contribution >= 0.6 is 0 Å². The number of aliphatic hydroxyl groups excluding tert-OH is 2. The molecule has 4 atom stereocenters. The molecule has 6 nitrogen and oxygen atoms in total. The Labute approximate surface area is 151 Å². The third-order valence-electron chi connectivity index (χ3n) is 4.29. The second kappa shape index (κ2) is 7.76. The van der Waals surface area contributed by atoms with Crippen LogP contribution in [0.5, 0.6) is 0 Å². The van der Waals surface area contributed by atoms with E-state index in [4.69, 9.17) is 0 Å². The number of hydrogen-bond donors (Lipinski definition) is 3. The topological polar surface area (TPSA) is 81.5 Å². The van der Waals surface area contributed by atoms with E-state index in [0.717, 1.165) is 11.1 Å². The molecule has 12 heteroatoms. The Bertz CT molecular complexity index is 639. The number of aliphatic hydroxyl groups is 2. The van der Waals surface area contributed by atoms with Gasteiger partial charge in [0.25, 0.3) is 0 Å². The highest BCUT2D eigenvalue weighted by atomic mass is 19.4. The van der Waals surface area contributed by atoms with Crippen LogP contribution in [-0.4, -0.2) is 68.6 Å². The van der Waals surface area contributed by atoms with E-state index < -0.39 is 54.8 Å². The monoisotopic (exact) mass is 402 g/mol. The van der Waals surface area contributed by atoms with Gasteiger partial charge in [0.05, 0.1) is 31.1 Å². The van der Waals surface area contributed by atoms with Crippen LogP contribution in [0.1, 0.15) is 19.5 Å². The molecule has 154 valence electrons. The van der Waals surface area contributed by atoms with Gasteiger partial charge in [0, 0.05) is 12.6 Å². The fraction of sp³-hybridized carbons (Fsp3) is 0.733. The first-order valence-corrected chi connectivity index (χ1v) is 8.12. The molecule has 1 aliphatic rings. The number of likely N-dealkylation sites (tertiary alicyclic amines) is 1. The van der Waals surface area contributed by atoms with Crippen molar-refractivity contribution in [2.45, 2.75) is 50.5 Å². The molecule has 2 rings (SSSR count). The summed E-state index contributed by atoms with van der Waals surface area (Å²) >= 11 is 0. The Morgan fingerprint density at radius 3 is 2.30 bits per heavy atom. The third-order valence-corrected chi connectivity index (χ3v) is 4.29. The Morgan fingerprint density at radius 2 is 1.78 bits per heavy atom. The summed E-state index contributed by atoms with van der Waals surface area (Å²) in [5.74, 6) is -0.762. The molecule has 0 saturated carbocycles. The number of aromatic nitrogens is 2. The molecule has 1 unspecified atom stereocenters. The van der Waals surface area contributed by atoms with Crippen molar-refractivity contribution in [3.05, 3.63) is 18.1 Å². The maximum absolute atomic E-state index is 12.9. The second-order valence-corrected chi connectivity index (χ2v) is 6.80. The van der Waals surface area contributed by atoms with Gasteiger partial charge in [-0.05, 0) is 5.92 Å². The minimum absolute atomic E-state index is 0.349. The number of alkyl halides is 6. The highest BCUT2D eigenvalue weighted by molar-refractivity contribution is 5.35. The van der Waals surface area contributed by atoms with Crippen molar-refractivity contribution in [2.24, 2.45) is 5.92 Å². The molecule has 3 N–H and O–H groups in total. The molecule has 1 saturated heterocycles. The molecule has 1 aromatic heterocycles. The molecule has 1 aromatic rings. The highest BCUT2D eigenvalue weighted by Crippen LogP contribution is 2.30. The summed E-state index contributed by atoms with van der Waals surface area (Å²) in [6.45, 7) is 1.54. The first-order chi connectivity index (χ1) is 12.3. The largest absolute Gasteiger partial charge is 0.434 e. The summed E-state index contributed by atoms with van der Waals surface area (Å²) in [7, 11) is 0. The summed E-state index contributed by atoms with van der Waals surface area (Å²) in [5, 5.41) is 23.0.